The number of hydrogen-bond donors (Lipinski definition) is 0. The van der Waals surface area contributed by atoms with Crippen molar-refractivity contribution in [2.45, 2.75) is 44.7 Å². The zero-order valence-electron chi connectivity index (χ0n) is 17.1. The van der Waals surface area contributed by atoms with Gasteiger partial charge in [0.1, 0.15) is 0 Å². The van der Waals surface area contributed by atoms with Gasteiger partial charge < -0.3 is 14.4 Å². The van der Waals surface area contributed by atoms with Crippen LogP contribution in [0.25, 0.3) is 6.08 Å². The lowest BCUT2D eigenvalue weighted by atomic mass is 9.63. The van der Waals surface area contributed by atoms with Gasteiger partial charge in [0.15, 0.2) is 11.5 Å². The first-order valence-electron chi connectivity index (χ1n) is 10.5. The van der Waals surface area contributed by atoms with Gasteiger partial charge in [0.2, 0.25) is 5.91 Å². The predicted molar refractivity (Wildman–Crippen MR) is 113 cm³/mol. The normalized spacial score (nSPS) is 25.0. The van der Waals surface area contributed by atoms with Gasteiger partial charge in [0, 0.05) is 18.4 Å². The van der Waals surface area contributed by atoms with E-state index < -0.39 is 0 Å². The summed E-state index contributed by atoms with van der Waals surface area (Å²) >= 11 is 0. The number of hydrogen-bond acceptors (Lipinski definition) is 3. The molecule has 150 valence electrons. The molecule has 2 atom stereocenters. The highest BCUT2D eigenvalue weighted by atomic mass is 16.5. The van der Waals surface area contributed by atoms with Gasteiger partial charge in [-0.05, 0) is 54.5 Å². The molecule has 0 N–H and O–H groups in total. The van der Waals surface area contributed by atoms with Crippen LogP contribution in [-0.4, -0.2) is 25.0 Å². The molecule has 2 aromatic carbocycles. The number of nitrogens with zero attached hydrogens (tertiary/aromatic N) is 1. The van der Waals surface area contributed by atoms with Crippen molar-refractivity contribution in [3.63, 3.8) is 0 Å². The second-order valence-electron chi connectivity index (χ2n) is 8.43. The summed E-state index contributed by atoms with van der Waals surface area (Å²) in [6.07, 6.45) is 7.40. The SMILES string of the molecule is COc1cc2c(cc1OC)[C@@H]1N(Cc3ccccc3)C(=O)CC[C@@]13CCCC3=C2. The van der Waals surface area contributed by atoms with E-state index in [9.17, 15) is 4.79 Å². The van der Waals surface area contributed by atoms with Gasteiger partial charge in [0.25, 0.3) is 0 Å². The number of amides is 1. The third-order valence-corrected chi connectivity index (χ3v) is 7.06. The number of carbonyl (C=O) groups excluding carboxylic acids is 1. The van der Waals surface area contributed by atoms with E-state index in [0.717, 1.165) is 36.3 Å². The van der Waals surface area contributed by atoms with Crippen LogP contribution in [0.15, 0.2) is 48.0 Å². The lowest BCUT2D eigenvalue weighted by molar-refractivity contribution is -0.143. The molecule has 4 nitrogen and oxygen atoms in total. The van der Waals surface area contributed by atoms with Crippen molar-refractivity contribution in [3.8, 4) is 11.5 Å². The summed E-state index contributed by atoms with van der Waals surface area (Å²) in [4.78, 5) is 15.3. The average molecular weight is 389 g/mol. The van der Waals surface area contributed by atoms with Crippen molar-refractivity contribution < 1.29 is 14.3 Å². The molecule has 4 heteroatoms. The zero-order valence-corrected chi connectivity index (χ0v) is 17.1. The Labute approximate surface area is 172 Å². The zero-order chi connectivity index (χ0) is 20.0. The Morgan fingerprint density at radius 2 is 1.79 bits per heavy atom. The minimum Gasteiger partial charge on any atom is -0.493 e. The number of methoxy groups -OCH3 is 2. The Balaban J connectivity index is 1.67. The summed E-state index contributed by atoms with van der Waals surface area (Å²) in [6.45, 7) is 0.646. The molecule has 2 aliphatic carbocycles. The van der Waals surface area contributed by atoms with Crippen molar-refractivity contribution in [2.24, 2.45) is 5.41 Å². The van der Waals surface area contributed by atoms with E-state index in [1.165, 1.54) is 23.1 Å². The smallest absolute Gasteiger partial charge is 0.223 e. The number of ether oxygens (including phenoxy) is 2. The summed E-state index contributed by atoms with van der Waals surface area (Å²) in [6, 6.07) is 14.6. The van der Waals surface area contributed by atoms with E-state index in [1.807, 2.05) is 18.2 Å². The topological polar surface area (TPSA) is 38.8 Å². The highest BCUT2D eigenvalue weighted by Gasteiger charge is 2.54. The number of fused-ring (bicyclic) bond motifs is 2. The van der Waals surface area contributed by atoms with Crippen LogP contribution in [0.5, 0.6) is 11.5 Å². The fourth-order valence-corrected chi connectivity index (χ4v) is 5.76. The van der Waals surface area contributed by atoms with Gasteiger partial charge in [-0.1, -0.05) is 42.0 Å². The number of rotatable bonds is 4. The Morgan fingerprint density at radius 3 is 2.55 bits per heavy atom. The maximum atomic E-state index is 13.2. The van der Waals surface area contributed by atoms with Crippen molar-refractivity contribution in [2.75, 3.05) is 14.2 Å². The molecule has 29 heavy (non-hydrogen) atoms. The molecule has 1 saturated carbocycles. The monoisotopic (exact) mass is 389 g/mol. The molecule has 2 aromatic rings. The van der Waals surface area contributed by atoms with Crippen molar-refractivity contribution in [1.29, 1.82) is 0 Å². The van der Waals surface area contributed by atoms with E-state index in [4.69, 9.17) is 9.47 Å². The van der Waals surface area contributed by atoms with Crippen LogP contribution >= 0.6 is 0 Å². The third-order valence-electron chi connectivity index (χ3n) is 7.06. The molecule has 1 heterocycles. The number of likely N-dealkylation sites (tertiary alicyclic amines) is 1. The van der Waals surface area contributed by atoms with Crippen LogP contribution < -0.4 is 9.47 Å². The molecule has 3 aliphatic rings. The molecular formula is C25H27NO3. The summed E-state index contributed by atoms with van der Waals surface area (Å²) in [7, 11) is 3.35. The molecule has 0 bridgehead atoms. The van der Waals surface area contributed by atoms with Crippen LogP contribution in [-0.2, 0) is 11.3 Å². The Bertz CT molecular complexity index is 981. The predicted octanol–water partition coefficient (Wildman–Crippen LogP) is 5.13. The maximum absolute atomic E-state index is 13.2. The van der Waals surface area contributed by atoms with E-state index in [2.05, 4.69) is 35.2 Å². The Morgan fingerprint density at radius 1 is 1.03 bits per heavy atom. The minimum absolute atomic E-state index is 0.0567. The van der Waals surface area contributed by atoms with Gasteiger partial charge in [-0.15, -0.1) is 0 Å². The third kappa shape index (κ3) is 2.77. The average Bonchev–Trinajstić information content (AvgIpc) is 3.16. The molecule has 5 rings (SSSR count). The molecule has 1 aliphatic heterocycles. The number of benzene rings is 2. The largest absolute Gasteiger partial charge is 0.493 e. The molecule has 1 saturated heterocycles. The highest BCUT2D eigenvalue weighted by molar-refractivity contribution is 5.80. The second kappa shape index (κ2) is 6.94. The van der Waals surface area contributed by atoms with Gasteiger partial charge in [-0.3, -0.25) is 4.79 Å². The van der Waals surface area contributed by atoms with Crippen LogP contribution in [0.2, 0.25) is 0 Å². The molecule has 0 unspecified atom stereocenters. The van der Waals surface area contributed by atoms with E-state index in [-0.39, 0.29) is 17.4 Å². The summed E-state index contributed by atoms with van der Waals surface area (Å²) in [5.74, 6) is 1.72. The van der Waals surface area contributed by atoms with Crippen LogP contribution in [0.1, 0.15) is 54.8 Å². The fraction of sp³-hybridized carbons (Fsp3) is 0.400. The van der Waals surface area contributed by atoms with Gasteiger partial charge >= 0.3 is 0 Å². The van der Waals surface area contributed by atoms with E-state index >= 15 is 0 Å². The summed E-state index contributed by atoms with van der Waals surface area (Å²) in [5.41, 5.74) is 5.10. The lowest BCUT2D eigenvalue weighted by Crippen LogP contribution is -2.49. The summed E-state index contributed by atoms with van der Waals surface area (Å²) in [5, 5.41) is 0. The van der Waals surface area contributed by atoms with Crippen LogP contribution in [0.3, 0.4) is 0 Å². The minimum atomic E-state index is 0.0567. The lowest BCUT2D eigenvalue weighted by Gasteiger charge is -2.51. The Kier molecular flexibility index (Phi) is 4.38. The van der Waals surface area contributed by atoms with Gasteiger partial charge in [-0.2, -0.15) is 0 Å². The maximum Gasteiger partial charge on any atom is 0.223 e. The van der Waals surface area contributed by atoms with Crippen LogP contribution in [0, 0.1) is 5.41 Å². The standard InChI is InChI=1S/C25H27NO3/c1-28-21-14-18-13-19-9-6-11-25(19)12-10-23(27)26(16-17-7-4-3-5-8-17)24(25)20(18)15-22(21)29-2/h3-5,7-8,13-15,24H,6,9-12,16H2,1-2H3/t24-,25+/m0/s1. The van der Waals surface area contributed by atoms with Gasteiger partial charge in [-0.25, -0.2) is 0 Å². The molecule has 1 spiro atoms. The molecular weight excluding hydrogens is 362 g/mol. The number of carbonyl (C=O) groups is 1. The first-order valence-corrected chi connectivity index (χ1v) is 10.5. The molecule has 2 fully saturated rings. The van der Waals surface area contributed by atoms with Crippen molar-refractivity contribution >= 4 is 12.0 Å². The van der Waals surface area contributed by atoms with Crippen LogP contribution in [0.4, 0.5) is 0 Å². The van der Waals surface area contributed by atoms with E-state index in [1.54, 1.807) is 14.2 Å². The summed E-state index contributed by atoms with van der Waals surface area (Å²) < 4.78 is 11.2. The Hall–Kier alpha value is -2.75. The first-order chi connectivity index (χ1) is 14.2. The van der Waals surface area contributed by atoms with E-state index in [0.29, 0.717) is 13.0 Å². The molecule has 0 radical (unpaired) electrons. The quantitative estimate of drug-likeness (QED) is 0.727. The van der Waals surface area contributed by atoms with Crippen molar-refractivity contribution in [1.82, 2.24) is 4.90 Å². The molecule has 0 aromatic heterocycles. The number of piperidine rings is 1. The highest BCUT2D eigenvalue weighted by Crippen LogP contribution is 2.62. The molecule has 1 amide bonds. The first kappa shape index (κ1) is 18.3. The second-order valence-corrected chi connectivity index (χ2v) is 8.43. The van der Waals surface area contributed by atoms with Crippen molar-refractivity contribution in [3.05, 3.63) is 64.7 Å². The fourth-order valence-electron chi connectivity index (χ4n) is 5.76. The van der Waals surface area contributed by atoms with Gasteiger partial charge in [0.05, 0.1) is 20.3 Å².